The number of ether oxygens (including phenoxy) is 1. The van der Waals surface area contributed by atoms with Crippen LogP contribution in [0.25, 0.3) is 0 Å². The van der Waals surface area contributed by atoms with Crippen LogP contribution < -0.4 is 5.32 Å². The minimum atomic E-state index is -0.482. The molecule has 3 nitrogen and oxygen atoms in total. The van der Waals surface area contributed by atoms with Gasteiger partial charge < -0.3 is 10.1 Å². The van der Waals surface area contributed by atoms with Gasteiger partial charge in [-0.15, -0.1) is 11.8 Å². The Kier molecular flexibility index (Phi) is 5.78. The Balaban J connectivity index is 2.45. The maximum Gasteiger partial charge on any atom is 0.408 e. The number of hydrogen-bond donors (Lipinski definition) is 1. The molecule has 0 radical (unpaired) electrons. The monoisotopic (exact) mass is 277 g/mol. The van der Waals surface area contributed by atoms with Crippen molar-refractivity contribution in [3.05, 3.63) is 29.8 Å². The van der Waals surface area contributed by atoms with Crippen LogP contribution in [0.2, 0.25) is 0 Å². The predicted molar refractivity (Wildman–Crippen MR) is 79.3 cm³/mol. The van der Waals surface area contributed by atoms with E-state index in [-0.39, 0.29) is 6.54 Å². The number of alkyl carbamates (subject to hydrolysis) is 1. The van der Waals surface area contributed by atoms with Gasteiger partial charge >= 0.3 is 6.09 Å². The first-order valence-corrected chi connectivity index (χ1v) is 7.23. The summed E-state index contributed by atoms with van der Waals surface area (Å²) in [5, 5.41) is 2.60. The van der Waals surface area contributed by atoms with Gasteiger partial charge in [0.2, 0.25) is 0 Å². The number of hydrogen-bond acceptors (Lipinski definition) is 3. The van der Waals surface area contributed by atoms with E-state index in [4.69, 9.17) is 4.74 Å². The van der Waals surface area contributed by atoms with Gasteiger partial charge in [0.25, 0.3) is 0 Å². The lowest BCUT2D eigenvalue weighted by atomic mass is 10.2. The molecule has 0 aromatic heterocycles. The first kappa shape index (κ1) is 15.5. The van der Waals surface area contributed by atoms with Crippen molar-refractivity contribution in [2.75, 3.05) is 12.8 Å². The summed E-state index contributed by atoms with van der Waals surface area (Å²) in [6.45, 7) is 5.75. The van der Waals surface area contributed by atoms with Crippen LogP contribution in [0.4, 0.5) is 4.79 Å². The third-order valence-corrected chi connectivity index (χ3v) is 2.75. The molecule has 0 aliphatic heterocycles. The number of carbonyl (C=O) groups excluding carboxylic acids is 1. The SMILES string of the molecule is CSc1cccc(C#CCNC(=O)OC(C)(C)C)c1. The van der Waals surface area contributed by atoms with Gasteiger partial charge in [-0.25, -0.2) is 4.79 Å². The van der Waals surface area contributed by atoms with Crippen LogP contribution in [0, 0.1) is 11.8 Å². The fourth-order valence-electron chi connectivity index (χ4n) is 1.28. The lowest BCUT2D eigenvalue weighted by Crippen LogP contribution is -2.32. The zero-order valence-corrected chi connectivity index (χ0v) is 12.6. The summed E-state index contributed by atoms with van der Waals surface area (Å²) in [6, 6.07) is 7.97. The fourth-order valence-corrected chi connectivity index (χ4v) is 1.74. The van der Waals surface area contributed by atoms with Crippen LogP contribution in [0.3, 0.4) is 0 Å². The third-order valence-electron chi connectivity index (χ3n) is 2.02. The molecule has 1 rings (SSSR count). The zero-order chi connectivity index (χ0) is 14.3. The highest BCUT2D eigenvalue weighted by Crippen LogP contribution is 2.14. The Bertz CT molecular complexity index is 495. The maximum absolute atomic E-state index is 11.4. The van der Waals surface area contributed by atoms with E-state index < -0.39 is 11.7 Å². The number of carbonyl (C=O) groups is 1. The molecule has 0 spiro atoms. The molecule has 0 atom stereocenters. The van der Waals surface area contributed by atoms with Gasteiger partial charge in [-0.1, -0.05) is 17.9 Å². The average molecular weight is 277 g/mol. The Morgan fingerprint density at radius 1 is 1.42 bits per heavy atom. The Morgan fingerprint density at radius 2 is 2.16 bits per heavy atom. The van der Waals surface area contributed by atoms with Crippen molar-refractivity contribution in [1.82, 2.24) is 5.32 Å². The summed E-state index contributed by atoms with van der Waals surface area (Å²) in [5.41, 5.74) is 0.460. The molecule has 19 heavy (non-hydrogen) atoms. The molecule has 0 aliphatic carbocycles. The molecule has 4 heteroatoms. The molecule has 0 saturated heterocycles. The molecule has 0 heterocycles. The quantitative estimate of drug-likeness (QED) is 0.666. The Labute approximate surface area is 119 Å². The smallest absolute Gasteiger partial charge is 0.408 e. The first-order chi connectivity index (χ1) is 8.90. The van der Waals surface area contributed by atoms with Crippen LogP contribution in [-0.4, -0.2) is 24.5 Å². The van der Waals surface area contributed by atoms with Gasteiger partial charge in [0.1, 0.15) is 5.60 Å². The molecule has 1 N–H and O–H groups in total. The molecule has 0 saturated carbocycles. The molecule has 1 aromatic carbocycles. The van der Waals surface area contributed by atoms with E-state index in [1.54, 1.807) is 11.8 Å². The lowest BCUT2D eigenvalue weighted by molar-refractivity contribution is 0.0535. The number of amides is 1. The highest BCUT2D eigenvalue weighted by Gasteiger charge is 2.14. The number of benzene rings is 1. The van der Waals surface area contributed by atoms with E-state index in [1.165, 1.54) is 4.90 Å². The number of thioether (sulfide) groups is 1. The van der Waals surface area contributed by atoms with E-state index in [0.29, 0.717) is 0 Å². The predicted octanol–water partition coefficient (Wildman–Crippen LogP) is 3.28. The number of nitrogens with one attached hydrogen (secondary N) is 1. The second kappa shape index (κ2) is 7.10. The van der Waals surface area contributed by atoms with E-state index in [2.05, 4.69) is 17.2 Å². The van der Waals surface area contributed by atoms with Crippen LogP contribution in [-0.2, 0) is 4.74 Å². The first-order valence-electron chi connectivity index (χ1n) is 6.00. The van der Waals surface area contributed by atoms with E-state index in [1.807, 2.05) is 51.3 Å². The largest absolute Gasteiger partial charge is 0.444 e. The van der Waals surface area contributed by atoms with Crippen LogP contribution >= 0.6 is 11.8 Å². The molecule has 0 bridgehead atoms. The van der Waals surface area contributed by atoms with Crippen LogP contribution in [0.5, 0.6) is 0 Å². The fraction of sp³-hybridized carbons (Fsp3) is 0.400. The van der Waals surface area contributed by atoms with Crippen molar-refractivity contribution >= 4 is 17.9 Å². The van der Waals surface area contributed by atoms with Crippen molar-refractivity contribution in [2.24, 2.45) is 0 Å². The van der Waals surface area contributed by atoms with Crippen molar-refractivity contribution in [3.8, 4) is 11.8 Å². The van der Waals surface area contributed by atoms with Gasteiger partial charge in [0.05, 0.1) is 6.54 Å². The standard InChI is InChI=1S/C15H19NO2S/c1-15(2,3)18-14(17)16-10-6-8-12-7-5-9-13(11-12)19-4/h5,7,9,11H,10H2,1-4H3,(H,16,17). The minimum absolute atomic E-state index is 0.276. The number of rotatable bonds is 2. The molecule has 0 unspecified atom stereocenters. The van der Waals surface area contributed by atoms with Gasteiger partial charge in [0, 0.05) is 10.5 Å². The summed E-state index contributed by atoms with van der Waals surface area (Å²) < 4.78 is 5.11. The third kappa shape index (κ3) is 6.78. The van der Waals surface area contributed by atoms with Gasteiger partial charge in [0.15, 0.2) is 0 Å². The maximum atomic E-state index is 11.4. The highest BCUT2D eigenvalue weighted by molar-refractivity contribution is 7.98. The normalized spacial score (nSPS) is 10.3. The lowest BCUT2D eigenvalue weighted by Gasteiger charge is -2.18. The van der Waals surface area contributed by atoms with E-state index >= 15 is 0 Å². The summed E-state index contributed by atoms with van der Waals surface area (Å²) in [5.74, 6) is 5.90. The molecular formula is C15H19NO2S. The van der Waals surface area contributed by atoms with E-state index in [9.17, 15) is 4.79 Å². The van der Waals surface area contributed by atoms with Gasteiger partial charge in [-0.2, -0.15) is 0 Å². The van der Waals surface area contributed by atoms with E-state index in [0.717, 1.165) is 5.56 Å². The van der Waals surface area contributed by atoms with Crippen molar-refractivity contribution in [3.63, 3.8) is 0 Å². The molecule has 102 valence electrons. The summed E-state index contributed by atoms with van der Waals surface area (Å²) in [6.07, 6.45) is 1.58. The zero-order valence-electron chi connectivity index (χ0n) is 11.7. The van der Waals surface area contributed by atoms with Crippen LogP contribution in [0.15, 0.2) is 29.2 Å². The summed E-state index contributed by atoms with van der Waals surface area (Å²) in [4.78, 5) is 12.5. The molecule has 0 fully saturated rings. The topological polar surface area (TPSA) is 38.3 Å². The molecule has 1 amide bonds. The second-order valence-electron chi connectivity index (χ2n) is 4.89. The molecule has 1 aromatic rings. The van der Waals surface area contributed by atoms with Gasteiger partial charge in [-0.05, 0) is 45.2 Å². The Morgan fingerprint density at radius 3 is 2.79 bits per heavy atom. The molecular weight excluding hydrogens is 258 g/mol. The summed E-state index contributed by atoms with van der Waals surface area (Å²) in [7, 11) is 0. The van der Waals surface area contributed by atoms with Crippen molar-refractivity contribution in [1.29, 1.82) is 0 Å². The highest BCUT2D eigenvalue weighted by atomic mass is 32.2. The van der Waals surface area contributed by atoms with Crippen molar-refractivity contribution in [2.45, 2.75) is 31.3 Å². The second-order valence-corrected chi connectivity index (χ2v) is 5.77. The minimum Gasteiger partial charge on any atom is -0.444 e. The van der Waals surface area contributed by atoms with Crippen LogP contribution in [0.1, 0.15) is 26.3 Å². The average Bonchev–Trinajstić information content (AvgIpc) is 2.33. The molecule has 0 aliphatic rings. The Hall–Kier alpha value is -1.60. The van der Waals surface area contributed by atoms with Gasteiger partial charge in [-0.3, -0.25) is 0 Å². The summed E-state index contributed by atoms with van der Waals surface area (Å²) >= 11 is 1.68. The van der Waals surface area contributed by atoms with Crippen molar-refractivity contribution < 1.29 is 9.53 Å².